The van der Waals surface area contributed by atoms with Gasteiger partial charge in [0.15, 0.2) is 0 Å². The maximum Gasteiger partial charge on any atom is 0.235 e. The standard InChI is InChI=1S/C12H17N5O3S2/c1-16(22(2,19)20)8-11(18)13-6-4-10-9-21-12(15-10)17-7-3-5-14-17/h3,5,7,9H,4,6,8H2,1-2H3,(H,13,18). The highest BCUT2D eigenvalue weighted by atomic mass is 32.2. The zero-order valence-electron chi connectivity index (χ0n) is 12.3. The van der Waals surface area contributed by atoms with Gasteiger partial charge in [-0.05, 0) is 6.07 Å². The van der Waals surface area contributed by atoms with Crippen LogP contribution in [0.4, 0.5) is 0 Å². The van der Waals surface area contributed by atoms with Crippen LogP contribution in [0.3, 0.4) is 0 Å². The number of nitrogens with one attached hydrogen (secondary N) is 1. The Morgan fingerprint density at radius 1 is 1.50 bits per heavy atom. The van der Waals surface area contributed by atoms with Crippen molar-refractivity contribution in [2.75, 3.05) is 26.4 Å². The van der Waals surface area contributed by atoms with E-state index in [9.17, 15) is 13.2 Å². The summed E-state index contributed by atoms with van der Waals surface area (Å²) in [6.45, 7) is 0.215. The van der Waals surface area contributed by atoms with Crippen LogP contribution in [0, 0.1) is 0 Å². The minimum atomic E-state index is -3.34. The monoisotopic (exact) mass is 343 g/mol. The number of aromatic nitrogens is 3. The topological polar surface area (TPSA) is 97.2 Å². The number of hydrogen-bond donors (Lipinski definition) is 1. The van der Waals surface area contributed by atoms with Crippen LogP contribution in [-0.2, 0) is 21.2 Å². The van der Waals surface area contributed by atoms with Crippen LogP contribution in [-0.4, -0.2) is 59.8 Å². The molecular formula is C12H17N5O3S2. The van der Waals surface area contributed by atoms with Gasteiger partial charge in [0.05, 0.1) is 18.5 Å². The molecule has 2 heterocycles. The predicted octanol–water partition coefficient (Wildman–Crippen LogP) is -0.121. The number of likely N-dealkylation sites (N-methyl/N-ethyl adjacent to an activating group) is 1. The van der Waals surface area contributed by atoms with Crippen LogP contribution in [0.1, 0.15) is 5.69 Å². The van der Waals surface area contributed by atoms with Crippen molar-refractivity contribution in [2.24, 2.45) is 0 Å². The second-order valence-electron chi connectivity index (χ2n) is 4.69. The summed E-state index contributed by atoms with van der Waals surface area (Å²) >= 11 is 1.47. The fraction of sp³-hybridized carbons (Fsp3) is 0.417. The molecule has 0 saturated carbocycles. The second kappa shape index (κ2) is 6.99. The van der Waals surface area contributed by atoms with E-state index < -0.39 is 10.0 Å². The third-order valence-corrected chi connectivity index (χ3v) is 5.02. The molecule has 0 atom stereocenters. The molecule has 0 radical (unpaired) electrons. The summed E-state index contributed by atoms with van der Waals surface area (Å²) in [5.41, 5.74) is 0.854. The zero-order valence-corrected chi connectivity index (χ0v) is 13.9. The molecule has 10 heteroatoms. The molecule has 2 rings (SSSR count). The Kier molecular flexibility index (Phi) is 5.27. The Morgan fingerprint density at radius 2 is 2.27 bits per heavy atom. The van der Waals surface area contributed by atoms with E-state index in [0.29, 0.717) is 13.0 Å². The van der Waals surface area contributed by atoms with Crippen molar-refractivity contribution < 1.29 is 13.2 Å². The quantitative estimate of drug-likeness (QED) is 0.756. The van der Waals surface area contributed by atoms with Crippen molar-refractivity contribution in [3.8, 4) is 5.13 Å². The van der Waals surface area contributed by atoms with Gasteiger partial charge in [0.1, 0.15) is 0 Å². The summed E-state index contributed by atoms with van der Waals surface area (Å²) in [5, 5.41) is 9.45. The maximum absolute atomic E-state index is 11.6. The summed E-state index contributed by atoms with van der Waals surface area (Å²) in [7, 11) is -1.98. The van der Waals surface area contributed by atoms with E-state index in [2.05, 4.69) is 15.4 Å². The number of thiazole rings is 1. The molecule has 0 fully saturated rings. The number of rotatable bonds is 7. The molecule has 0 aromatic carbocycles. The second-order valence-corrected chi connectivity index (χ2v) is 7.62. The number of hydrogen-bond acceptors (Lipinski definition) is 6. The fourth-order valence-electron chi connectivity index (χ4n) is 1.60. The Balaban J connectivity index is 1.78. The van der Waals surface area contributed by atoms with E-state index in [0.717, 1.165) is 21.4 Å². The SMILES string of the molecule is CN(CC(=O)NCCc1csc(-n2cccn2)n1)S(C)(=O)=O. The summed E-state index contributed by atoms with van der Waals surface area (Å²) < 4.78 is 25.1. The largest absolute Gasteiger partial charge is 0.355 e. The molecule has 2 aromatic heterocycles. The van der Waals surface area contributed by atoms with Gasteiger partial charge < -0.3 is 5.32 Å². The number of carbonyl (C=O) groups is 1. The molecule has 22 heavy (non-hydrogen) atoms. The smallest absolute Gasteiger partial charge is 0.235 e. The molecule has 0 aliphatic rings. The van der Waals surface area contributed by atoms with Crippen LogP contribution in [0.15, 0.2) is 23.8 Å². The first-order valence-corrected chi connectivity index (χ1v) is 9.21. The van der Waals surface area contributed by atoms with Gasteiger partial charge in [0.2, 0.25) is 21.1 Å². The summed E-state index contributed by atoms with van der Waals surface area (Å²) in [6, 6.07) is 1.82. The highest BCUT2D eigenvalue weighted by Crippen LogP contribution is 2.13. The van der Waals surface area contributed by atoms with Crippen molar-refractivity contribution in [2.45, 2.75) is 6.42 Å². The molecule has 0 bridgehead atoms. The number of amides is 1. The van der Waals surface area contributed by atoms with Crippen LogP contribution < -0.4 is 5.32 Å². The van der Waals surface area contributed by atoms with E-state index in [4.69, 9.17) is 0 Å². The number of sulfonamides is 1. The van der Waals surface area contributed by atoms with E-state index in [1.165, 1.54) is 18.4 Å². The van der Waals surface area contributed by atoms with Gasteiger partial charge in [0.25, 0.3) is 0 Å². The molecule has 0 unspecified atom stereocenters. The Morgan fingerprint density at radius 3 is 2.91 bits per heavy atom. The highest BCUT2D eigenvalue weighted by Gasteiger charge is 2.14. The first-order chi connectivity index (χ1) is 10.4. The number of nitrogens with zero attached hydrogens (tertiary/aromatic N) is 4. The third kappa shape index (κ3) is 4.61. The summed E-state index contributed by atoms with van der Waals surface area (Å²) in [6.07, 6.45) is 5.13. The van der Waals surface area contributed by atoms with E-state index in [1.54, 1.807) is 10.9 Å². The minimum absolute atomic E-state index is 0.186. The van der Waals surface area contributed by atoms with Gasteiger partial charge in [-0.1, -0.05) is 0 Å². The molecule has 8 nitrogen and oxygen atoms in total. The van der Waals surface area contributed by atoms with Crippen molar-refractivity contribution in [3.63, 3.8) is 0 Å². The third-order valence-electron chi connectivity index (χ3n) is 2.88. The highest BCUT2D eigenvalue weighted by molar-refractivity contribution is 7.88. The molecule has 0 saturated heterocycles. The van der Waals surface area contributed by atoms with Gasteiger partial charge in [-0.2, -0.15) is 9.40 Å². The van der Waals surface area contributed by atoms with Crippen LogP contribution in [0.25, 0.3) is 5.13 Å². The van der Waals surface area contributed by atoms with E-state index in [1.807, 2.05) is 17.6 Å². The van der Waals surface area contributed by atoms with Gasteiger partial charge in [-0.25, -0.2) is 18.1 Å². The summed E-state index contributed by atoms with van der Waals surface area (Å²) in [5.74, 6) is -0.338. The lowest BCUT2D eigenvalue weighted by molar-refractivity contribution is -0.121. The first-order valence-electron chi connectivity index (χ1n) is 6.48. The molecule has 1 N–H and O–H groups in total. The van der Waals surface area contributed by atoms with Crippen molar-refractivity contribution in [3.05, 3.63) is 29.5 Å². The number of carbonyl (C=O) groups excluding carboxylic acids is 1. The van der Waals surface area contributed by atoms with Gasteiger partial charge in [-0.3, -0.25) is 4.79 Å². The van der Waals surface area contributed by atoms with Crippen molar-refractivity contribution in [1.82, 2.24) is 24.4 Å². The molecule has 2 aromatic rings. The van der Waals surface area contributed by atoms with Gasteiger partial charge in [-0.15, -0.1) is 11.3 Å². The van der Waals surface area contributed by atoms with Crippen LogP contribution in [0.5, 0.6) is 0 Å². The average Bonchev–Trinajstić information content (AvgIpc) is 3.07. The van der Waals surface area contributed by atoms with Gasteiger partial charge in [0, 0.05) is 37.8 Å². The zero-order chi connectivity index (χ0) is 16.2. The van der Waals surface area contributed by atoms with Crippen molar-refractivity contribution in [1.29, 1.82) is 0 Å². The normalized spacial score (nSPS) is 11.8. The fourth-order valence-corrected chi connectivity index (χ4v) is 2.75. The molecule has 0 spiro atoms. The first kappa shape index (κ1) is 16.6. The molecule has 120 valence electrons. The average molecular weight is 343 g/mol. The summed E-state index contributed by atoms with van der Waals surface area (Å²) in [4.78, 5) is 16.0. The lowest BCUT2D eigenvalue weighted by Gasteiger charge is -2.13. The lowest BCUT2D eigenvalue weighted by Crippen LogP contribution is -2.38. The minimum Gasteiger partial charge on any atom is -0.355 e. The maximum atomic E-state index is 11.6. The lowest BCUT2D eigenvalue weighted by atomic mass is 10.3. The Hall–Kier alpha value is -1.78. The van der Waals surface area contributed by atoms with Crippen LogP contribution >= 0.6 is 11.3 Å². The van der Waals surface area contributed by atoms with Crippen molar-refractivity contribution >= 4 is 27.3 Å². The molecule has 0 aliphatic heterocycles. The Bertz CT molecular complexity index is 724. The van der Waals surface area contributed by atoms with Gasteiger partial charge >= 0.3 is 0 Å². The Labute approximate surface area is 132 Å². The van der Waals surface area contributed by atoms with E-state index >= 15 is 0 Å². The van der Waals surface area contributed by atoms with Crippen LogP contribution in [0.2, 0.25) is 0 Å². The predicted molar refractivity (Wildman–Crippen MR) is 83.4 cm³/mol. The molecular weight excluding hydrogens is 326 g/mol. The van der Waals surface area contributed by atoms with E-state index in [-0.39, 0.29) is 12.5 Å². The molecule has 1 amide bonds. The molecule has 0 aliphatic carbocycles.